The lowest BCUT2D eigenvalue weighted by Gasteiger charge is -2.11. The van der Waals surface area contributed by atoms with E-state index in [1.165, 1.54) is 0 Å². The molecule has 0 unspecified atom stereocenters. The summed E-state index contributed by atoms with van der Waals surface area (Å²) in [6.45, 7) is 3.89. The summed E-state index contributed by atoms with van der Waals surface area (Å²) in [7, 11) is 3.29. The standard InChI is InChI=1S/2C17H16ClN3O/c2*1-11-16(12-3-5-13(18)6-4-12)21(17(19)20-11)14-7-9-15(22-2)10-8-14/h2*3-10H,1-2H3,(H2,19,20). The first-order chi connectivity index (χ1) is 21.2. The van der Waals surface area contributed by atoms with Crippen molar-refractivity contribution in [3.05, 3.63) is 118 Å². The van der Waals surface area contributed by atoms with Crippen molar-refractivity contribution in [1.29, 1.82) is 0 Å². The van der Waals surface area contributed by atoms with Gasteiger partial charge in [0.05, 0.1) is 37.0 Å². The molecule has 2 aromatic heterocycles. The van der Waals surface area contributed by atoms with E-state index in [4.69, 9.17) is 44.1 Å². The van der Waals surface area contributed by atoms with Crippen LogP contribution in [0.25, 0.3) is 33.9 Å². The lowest BCUT2D eigenvalue weighted by molar-refractivity contribution is 0.414. The van der Waals surface area contributed by atoms with Crippen molar-refractivity contribution in [2.45, 2.75) is 13.8 Å². The Morgan fingerprint density at radius 1 is 0.523 bits per heavy atom. The van der Waals surface area contributed by atoms with Gasteiger partial charge < -0.3 is 20.9 Å². The first-order valence-corrected chi connectivity index (χ1v) is 14.5. The van der Waals surface area contributed by atoms with Gasteiger partial charge >= 0.3 is 0 Å². The van der Waals surface area contributed by atoms with Crippen LogP contribution < -0.4 is 20.9 Å². The number of hydrogen-bond donors (Lipinski definition) is 2. The maximum atomic E-state index is 6.11. The van der Waals surface area contributed by atoms with Crippen molar-refractivity contribution in [1.82, 2.24) is 19.1 Å². The van der Waals surface area contributed by atoms with Crippen molar-refractivity contribution in [3.8, 4) is 45.4 Å². The molecular weight excluding hydrogens is 595 g/mol. The van der Waals surface area contributed by atoms with Gasteiger partial charge in [-0.2, -0.15) is 0 Å². The molecule has 0 spiro atoms. The Kier molecular flexibility index (Phi) is 9.13. The quantitative estimate of drug-likeness (QED) is 0.193. The van der Waals surface area contributed by atoms with Crippen LogP contribution in [0.2, 0.25) is 10.0 Å². The molecule has 0 bridgehead atoms. The fourth-order valence-corrected chi connectivity index (χ4v) is 5.23. The summed E-state index contributed by atoms with van der Waals surface area (Å²) in [5.41, 5.74) is 19.8. The van der Waals surface area contributed by atoms with Crippen molar-refractivity contribution >= 4 is 35.1 Å². The number of nitrogens with zero attached hydrogens (tertiary/aromatic N) is 4. The Morgan fingerprint density at radius 3 is 1.14 bits per heavy atom. The van der Waals surface area contributed by atoms with Gasteiger partial charge in [-0.15, -0.1) is 0 Å². The van der Waals surface area contributed by atoms with E-state index in [2.05, 4.69) is 9.97 Å². The normalized spacial score (nSPS) is 10.7. The van der Waals surface area contributed by atoms with Crippen LogP contribution in [0, 0.1) is 13.8 Å². The number of hydrogen-bond acceptors (Lipinski definition) is 6. The predicted molar refractivity (Wildman–Crippen MR) is 179 cm³/mol. The van der Waals surface area contributed by atoms with Gasteiger partial charge in [0.2, 0.25) is 11.9 Å². The summed E-state index contributed by atoms with van der Waals surface area (Å²) >= 11 is 11.9. The highest BCUT2D eigenvalue weighted by Crippen LogP contribution is 2.32. The van der Waals surface area contributed by atoms with Crippen LogP contribution >= 0.6 is 23.2 Å². The summed E-state index contributed by atoms with van der Waals surface area (Å²) < 4.78 is 14.3. The van der Waals surface area contributed by atoms with E-state index in [0.29, 0.717) is 21.9 Å². The second kappa shape index (κ2) is 13.2. The third kappa shape index (κ3) is 6.37. The highest BCUT2D eigenvalue weighted by molar-refractivity contribution is 6.30. The molecule has 0 radical (unpaired) electrons. The number of nitrogen functional groups attached to an aromatic ring is 2. The molecule has 4 aromatic carbocycles. The van der Waals surface area contributed by atoms with Crippen LogP contribution in [0.4, 0.5) is 11.9 Å². The molecule has 0 aliphatic rings. The predicted octanol–water partition coefficient (Wildman–Crippen LogP) is 8.18. The van der Waals surface area contributed by atoms with E-state index in [0.717, 1.165) is 56.8 Å². The Labute approximate surface area is 266 Å². The summed E-state index contributed by atoms with van der Waals surface area (Å²) in [6.07, 6.45) is 0. The topological polar surface area (TPSA) is 106 Å². The van der Waals surface area contributed by atoms with Crippen molar-refractivity contribution in [2.75, 3.05) is 25.7 Å². The zero-order valence-corrected chi connectivity index (χ0v) is 26.3. The van der Waals surface area contributed by atoms with Crippen molar-refractivity contribution in [3.63, 3.8) is 0 Å². The van der Waals surface area contributed by atoms with Gasteiger partial charge in [0.25, 0.3) is 0 Å². The minimum atomic E-state index is 0.451. The van der Waals surface area contributed by atoms with Gasteiger partial charge in [-0.05, 0) is 86.6 Å². The van der Waals surface area contributed by atoms with E-state index < -0.39 is 0 Å². The van der Waals surface area contributed by atoms with E-state index in [9.17, 15) is 0 Å². The van der Waals surface area contributed by atoms with Crippen LogP contribution in [-0.2, 0) is 0 Å². The zero-order valence-electron chi connectivity index (χ0n) is 24.8. The summed E-state index contributed by atoms with van der Waals surface area (Å²) in [4.78, 5) is 8.81. The van der Waals surface area contributed by atoms with Gasteiger partial charge in [0.1, 0.15) is 11.5 Å². The Morgan fingerprint density at radius 2 is 0.841 bits per heavy atom. The number of aromatic nitrogens is 4. The number of imidazole rings is 2. The van der Waals surface area contributed by atoms with E-state index in [1.54, 1.807) is 14.2 Å². The van der Waals surface area contributed by atoms with Gasteiger partial charge in [-0.1, -0.05) is 47.5 Å². The smallest absolute Gasteiger partial charge is 0.205 e. The van der Waals surface area contributed by atoms with Gasteiger partial charge in [0.15, 0.2) is 0 Å². The number of benzene rings is 4. The molecule has 0 aliphatic carbocycles. The van der Waals surface area contributed by atoms with Crippen LogP contribution in [0.15, 0.2) is 97.1 Å². The van der Waals surface area contributed by atoms with Crippen molar-refractivity contribution in [2.24, 2.45) is 0 Å². The van der Waals surface area contributed by atoms with Gasteiger partial charge in [0, 0.05) is 32.5 Å². The molecule has 0 saturated carbocycles. The molecule has 8 nitrogen and oxygen atoms in total. The number of halogens is 2. The van der Waals surface area contributed by atoms with Crippen LogP contribution in [-0.4, -0.2) is 33.3 Å². The number of ether oxygens (including phenoxy) is 2. The molecule has 224 valence electrons. The number of methoxy groups -OCH3 is 2. The number of rotatable bonds is 6. The maximum Gasteiger partial charge on any atom is 0.205 e. The van der Waals surface area contributed by atoms with Gasteiger partial charge in [-0.3, -0.25) is 9.13 Å². The maximum absolute atomic E-state index is 6.11. The molecular formula is C34H32Cl2N6O2. The molecule has 0 saturated heterocycles. The summed E-state index contributed by atoms with van der Waals surface area (Å²) in [5, 5.41) is 1.40. The molecule has 6 rings (SSSR count). The number of anilines is 2. The first-order valence-electron chi connectivity index (χ1n) is 13.7. The number of aryl methyl sites for hydroxylation is 2. The first kappa shape index (κ1) is 30.5. The van der Waals surface area contributed by atoms with Gasteiger partial charge in [-0.25, -0.2) is 9.97 Å². The molecule has 0 aliphatic heterocycles. The monoisotopic (exact) mass is 626 g/mol. The van der Waals surface area contributed by atoms with Crippen LogP contribution in [0.3, 0.4) is 0 Å². The third-order valence-electron chi connectivity index (χ3n) is 7.05. The van der Waals surface area contributed by atoms with E-state index in [1.807, 2.05) is 120 Å². The van der Waals surface area contributed by atoms with Crippen molar-refractivity contribution < 1.29 is 9.47 Å². The second-order valence-corrected chi connectivity index (χ2v) is 10.8. The molecule has 44 heavy (non-hydrogen) atoms. The summed E-state index contributed by atoms with van der Waals surface area (Å²) in [5.74, 6) is 2.50. The van der Waals surface area contributed by atoms with Crippen LogP contribution in [0.1, 0.15) is 11.4 Å². The SMILES string of the molecule is COc1ccc(-n2c(N)nc(C)c2-c2ccc(Cl)cc2)cc1.COc1ccc(-n2c(N)nc(C)c2-c2ccc(Cl)cc2)cc1. The zero-order chi connectivity index (χ0) is 31.4. The van der Waals surface area contributed by atoms with E-state index in [-0.39, 0.29) is 0 Å². The summed E-state index contributed by atoms with van der Waals surface area (Å²) in [6, 6.07) is 30.7. The molecule has 6 aromatic rings. The molecule has 0 amide bonds. The average molecular weight is 628 g/mol. The van der Waals surface area contributed by atoms with E-state index >= 15 is 0 Å². The average Bonchev–Trinajstić information content (AvgIpc) is 3.50. The number of nitrogens with two attached hydrogens (primary N) is 2. The highest BCUT2D eigenvalue weighted by atomic mass is 35.5. The molecule has 0 fully saturated rings. The third-order valence-corrected chi connectivity index (χ3v) is 7.56. The lowest BCUT2D eigenvalue weighted by Crippen LogP contribution is -2.02. The Bertz CT molecular complexity index is 1720. The highest BCUT2D eigenvalue weighted by Gasteiger charge is 2.17. The fourth-order valence-electron chi connectivity index (χ4n) is 4.98. The molecule has 10 heteroatoms. The molecule has 0 atom stereocenters. The Balaban J connectivity index is 0.000000175. The van der Waals surface area contributed by atoms with Crippen LogP contribution in [0.5, 0.6) is 11.5 Å². The second-order valence-electron chi connectivity index (χ2n) is 9.89. The largest absolute Gasteiger partial charge is 0.497 e. The fraction of sp³-hybridized carbons (Fsp3) is 0.118. The molecule has 4 N–H and O–H groups in total. The minimum Gasteiger partial charge on any atom is -0.497 e. The minimum absolute atomic E-state index is 0.451. The Hall–Kier alpha value is -4.92. The lowest BCUT2D eigenvalue weighted by atomic mass is 10.1. The molecule has 2 heterocycles.